The molecule has 0 bridgehead atoms. The van der Waals surface area contributed by atoms with Crippen molar-refractivity contribution in [3.8, 4) is 0 Å². The molecular formula is C5H5Br2Cl2F3. The SMILES string of the molecule is FC(F)(Br)C(F)(Cl)CC(Br)CCl. The van der Waals surface area contributed by atoms with Crippen molar-refractivity contribution in [2.24, 2.45) is 0 Å². The first-order valence-electron chi connectivity index (χ1n) is 2.85. The first-order chi connectivity index (χ1) is 5.20. The first kappa shape index (κ1) is 13.3. The lowest BCUT2D eigenvalue weighted by molar-refractivity contribution is -0.00867. The highest BCUT2D eigenvalue weighted by molar-refractivity contribution is 9.10. The van der Waals surface area contributed by atoms with E-state index in [9.17, 15) is 13.2 Å². The summed E-state index contributed by atoms with van der Waals surface area (Å²) in [6.07, 6.45) is -0.573. The van der Waals surface area contributed by atoms with Crippen LogP contribution in [-0.2, 0) is 0 Å². The fourth-order valence-electron chi connectivity index (χ4n) is 0.448. The van der Waals surface area contributed by atoms with Crippen LogP contribution in [0.1, 0.15) is 6.42 Å². The molecule has 12 heavy (non-hydrogen) atoms. The van der Waals surface area contributed by atoms with E-state index in [4.69, 9.17) is 23.2 Å². The van der Waals surface area contributed by atoms with E-state index >= 15 is 0 Å². The minimum atomic E-state index is -3.75. The molecule has 0 radical (unpaired) electrons. The summed E-state index contributed by atoms with van der Waals surface area (Å²) in [6, 6.07) is 0. The van der Waals surface area contributed by atoms with E-state index in [0.29, 0.717) is 0 Å². The molecule has 0 saturated heterocycles. The molecule has 74 valence electrons. The Kier molecular flexibility index (Phi) is 5.23. The molecule has 2 atom stereocenters. The van der Waals surface area contributed by atoms with E-state index in [1.54, 1.807) is 0 Å². The molecule has 0 aromatic rings. The molecule has 0 fully saturated rings. The zero-order valence-corrected chi connectivity index (χ0v) is 10.3. The van der Waals surface area contributed by atoms with Crippen molar-refractivity contribution in [3.63, 3.8) is 0 Å². The van der Waals surface area contributed by atoms with E-state index in [2.05, 4.69) is 15.9 Å². The molecule has 0 N–H and O–H groups in total. The van der Waals surface area contributed by atoms with E-state index < -0.39 is 21.2 Å². The number of hydrogen-bond acceptors (Lipinski definition) is 0. The Morgan fingerprint density at radius 1 is 1.33 bits per heavy atom. The van der Waals surface area contributed by atoms with Crippen molar-refractivity contribution >= 4 is 55.1 Å². The number of hydrogen-bond donors (Lipinski definition) is 0. The fourth-order valence-corrected chi connectivity index (χ4v) is 1.54. The lowest BCUT2D eigenvalue weighted by atomic mass is 10.2. The maximum absolute atomic E-state index is 12.9. The van der Waals surface area contributed by atoms with Crippen LogP contribution in [0.25, 0.3) is 0 Å². The fraction of sp³-hybridized carbons (Fsp3) is 1.00. The molecule has 0 spiro atoms. The van der Waals surface area contributed by atoms with E-state index in [-0.39, 0.29) is 5.88 Å². The van der Waals surface area contributed by atoms with E-state index in [0.717, 1.165) is 0 Å². The van der Waals surface area contributed by atoms with Crippen molar-refractivity contribution < 1.29 is 13.2 Å². The van der Waals surface area contributed by atoms with E-state index in [1.165, 1.54) is 0 Å². The Balaban J connectivity index is 4.22. The number of alkyl halides is 7. The summed E-state index contributed by atoms with van der Waals surface area (Å²) in [5, 5.41) is -3.12. The van der Waals surface area contributed by atoms with Crippen molar-refractivity contribution in [1.29, 1.82) is 0 Å². The standard InChI is InChI=1S/C5H5Br2Cl2F3/c6-3(2-8)1-4(9,10)5(7,11)12/h3H,1-2H2. The van der Waals surface area contributed by atoms with Crippen LogP contribution >= 0.6 is 55.1 Å². The average molecular weight is 353 g/mol. The third-order valence-electron chi connectivity index (χ3n) is 1.06. The van der Waals surface area contributed by atoms with Gasteiger partial charge in [0.1, 0.15) is 0 Å². The smallest absolute Gasteiger partial charge is 0.218 e. The van der Waals surface area contributed by atoms with E-state index in [1.807, 2.05) is 15.9 Å². The highest BCUT2D eigenvalue weighted by atomic mass is 79.9. The summed E-state index contributed by atoms with van der Waals surface area (Å²) in [6.45, 7) is 0. The summed E-state index contributed by atoms with van der Waals surface area (Å²) in [7, 11) is 0. The predicted octanol–water partition coefficient (Wildman–Crippen LogP) is 4.27. The molecule has 0 amide bonds. The van der Waals surface area contributed by atoms with Gasteiger partial charge in [-0.05, 0) is 15.9 Å². The van der Waals surface area contributed by atoms with Crippen LogP contribution in [0.4, 0.5) is 13.2 Å². The van der Waals surface area contributed by atoms with Crippen LogP contribution in [0.15, 0.2) is 0 Å². The van der Waals surface area contributed by atoms with Gasteiger partial charge in [0.15, 0.2) is 0 Å². The molecular weight excluding hydrogens is 348 g/mol. The summed E-state index contributed by atoms with van der Waals surface area (Å²) in [5.41, 5.74) is 0. The molecule has 0 saturated carbocycles. The van der Waals surface area contributed by atoms with Crippen molar-refractivity contribution in [2.45, 2.75) is 21.2 Å². The van der Waals surface area contributed by atoms with Crippen LogP contribution < -0.4 is 0 Å². The Bertz CT molecular complexity index is 148. The third-order valence-corrected chi connectivity index (χ3v) is 3.70. The molecule has 2 unspecified atom stereocenters. The van der Waals surface area contributed by atoms with Gasteiger partial charge in [-0.25, -0.2) is 4.39 Å². The Hall–Kier alpha value is 1.33. The van der Waals surface area contributed by atoms with Gasteiger partial charge in [-0.1, -0.05) is 27.5 Å². The molecule has 0 aliphatic heterocycles. The lowest BCUT2D eigenvalue weighted by Gasteiger charge is -2.24. The summed E-state index contributed by atoms with van der Waals surface area (Å²) in [5.74, 6) is 0.0153. The Morgan fingerprint density at radius 2 is 1.75 bits per heavy atom. The monoisotopic (exact) mass is 350 g/mol. The molecule has 0 heterocycles. The van der Waals surface area contributed by atoms with Crippen LogP contribution in [-0.4, -0.2) is 20.7 Å². The van der Waals surface area contributed by atoms with Crippen LogP contribution in [0.3, 0.4) is 0 Å². The third kappa shape index (κ3) is 4.03. The van der Waals surface area contributed by atoms with Gasteiger partial charge in [0, 0.05) is 17.1 Å². The second-order valence-electron chi connectivity index (χ2n) is 2.16. The number of rotatable bonds is 4. The first-order valence-corrected chi connectivity index (χ1v) is 5.47. The van der Waals surface area contributed by atoms with Gasteiger partial charge >= 0.3 is 4.83 Å². The highest BCUT2D eigenvalue weighted by Crippen LogP contribution is 2.45. The van der Waals surface area contributed by atoms with Crippen molar-refractivity contribution in [3.05, 3.63) is 0 Å². The second-order valence-corrected chi connectivity index (χ2v) is 5.36. The van der Waals surface area contributed by atoms with Gasteiger partial charge in [-0.3, -0.25) is 0 Å². The maximum atomic E-state index is 12.9. The molecule has 0 nitrogen and oxygen atoms in total. The molecule has 0 aromatic carbocycles. The molecule has 0 aliphatic rings. The minimum Gasteiger partial charge on any atom is -0.218 e. The Morgan fingerprint density at radius 3 is 2.00 bits per heavy atom. The normalized spacial score (nSPS) is 20.2. The van der Waals surface area contributed by atoms with Gasteiger partial charge in [0.05, 0.1) is 0 Å². The highest BCUT2D eigenvalue weighted by Gasteiger charge is 2.52. The largest absolute Gasteiger partial charge is 0.348 e. The zero-order valence-electron chi connectivity index (χ0n) is 5.64. The van der Waals surface area contributed by atoms with Crippen LogP contribution in [0.2, 0.25) is 0 Å². The molecule has 0 rings (SSSR count). The van der Waals surface area contributed by atoms with Gasteiger partial charge in [-0.15, -0.1) is 11.6 Å². The van der Waals surface area contributed by atoms with Crippen molar-refractivity contribution in [2.75, 3.05) is 5.88 Å². The second kappa shape index (κ2) is 4.71. The quantitative estimate of drug-likeness (QED) is 0.663. The van der Waals surface area contributed by atoms with Gasteiger partial charge in [-0.2, -0.15) is 8.78 Å². The molecule has 7 heteroatoms. The average Bonchev–Trinajstić information content (AvgIpc) is 1.84. The number of halogens is 7. The van der Waals surface area contributed by atoms with Crippen LogP contribution in [0, 0.1) is 0 Å². The molecule has 0 aromatic heterocycles. The lowest BCUT2D eigenvalue weighted by Crippen LogP contribution is -2.36. The van der Waals surface area contributed by atoms with Gasteiger partial charge in [0.25, 0.3) is 5.13 Å². The van der Waals surface area contributed by atoms with Crippen molar-refractivity contribution in [1.82, 2.24) is 0 Å². The van der Waals surface area contributed by atoms with Gasteiger partial charge < -0.3 is 0 Å². The van der Waals surface area contributed by atoms with Crippen LogP contribution in [0.5, 0.6) is 0 Å². The summed E-state index contributed by atoms with van der Waals surface area (Å²) < 4.78 is 37.6. The predicted molar refractivity (Wildman–Crippen MR) is 51.6 cm³/mol. The topological polar surface area (TPSA) is 0 Å². The van der Waals surface area contributed by atoms with Gasteiger partial charge in [0.2, 0.25) is 0 Å². The Labute approximate surface area is 95.0 Å². The summed E-state index contributed by atoms with van der Waals surface area (Å²) >= 11 is 15.0. The minimum absolute atomic E-state index is 0.0153. The maximum Gasteiger partial charge on any atom is 0.348 e. The molecule has 0 aliphatic carbocycles. The summed E-state index contributed by atoms with van der Waals surface area (Å²) in [4.78, 5) is -4.33. The zero-order chi connectivity index (χ0) is 9.99.